The molecule has 0 saturated carbocycles. The van der Waals surface area contributed by atoms with Crippen molar-refractivity contribution in [3.8, 4) is 0 Å². The van der Waals surface area contributed by atoms with Gasteiger partial charge >= 0.3 is 12.1 Å². The summed E-state index contributed by atoms with van der Waals surface area (Å²) in [6.45, 7) is 0.393. The van der Waals surface area contributed by atoms with E-state index in [2.05, 4.69) is 0 Å². The molecule has 0 aliphatic heterocycles. The molecule has 0 aliphatic carbocycles. The molecule has 4 nitrogen and oxygen atoms in total. The molecule has 0 aliphatic rings. The van der Waals surface area contributed by atoms with E-state index in [1.54, 1.807) is 24.6 Å². The highest BCUT2D eigenvalue weighted by molar-refractivity contribution is 5.81. The largest absolute Gasteiger partial charge is 0.471 e. The van der Waals surface area contributed by atoms with Crippen LogP contribution in [0.15, 0.2) is 24.3 Å². The van der Waals surface area contributed by atoms with Crippen LogP contribution in [0.5, 0.6) is 0 Å². The lowest BCUT2D eigenvalue weighted by molar-refractivity contribution is -0.173. The molecule has 1 aromatic carbocycles. The van der Waals surface area contributed by atoms with Crippen LogP contribution in [0.4, 0.5) is 13.2 Å². The van der Waals surface area contributed by atoms with Crippen LogP contribution in [0.2, 0.25) is 0 Å². The van der Waals surface area contributed by atoms with Crippen LogP contribution in [-0.2, 0) is 16.0 Å². The zero-order valence-electron chi connectivity index (χ0n) is 12.3. The number of carbonyl (C=O) groups is 1. The summed E-state index contributed by atoms with van der Waals surface area (Å²) < 4.78 is 41.0. The number of benzene rings is 1. The molecule has 0 saturated heterocycles. The summed E-state index contributed by atoms with van der Waals surface area (Å²) in [6.07, 6.45) is -4.16. The SMILES string of the molecule is COCCCc1cccc(C(O)CCNC(=O)C(F)(F)F)c1. The summed E-state index contributed by atoms with van der Waals surface area (Å²) >= 11 is 0. The quantitative estimate of drug-likeness (QED) is 0.723. The maximum Gasteiger partial charge on any atom is 0.471 e. The molecule has 124 valence electrons. The predicted octanol–water partition coefficient (Wildman–Crippen LogP) is 2.37. The molecule has 0 radical (unpaired) electrons. The number of carbonyl (C=O) groups excluding carboxylic acids is 1. The number of aryl methyl sites for hydroxylation is 1. The van der Waals surface area contributed by atoms with Crippen molar-refractivity contribution >= 4 is 5.91 Å². The topological polar surface area (TPSA) is 58.6 Å². The normalized spacial score (nSPS) is 13.0. The van der Waals surface area contributed by atoms with Crippen molar-refractivity contribution in [2.24, 2.45) is 0 Å². The highest BCUT2D eigenvalue weighted by Gasteiger charge is 2.38. The number of hydrogen-bond donors (Lipinski definition) is 2. The molecule has 7 heteroatoms. The Hall–Kier alpha value is -1.60. The van der Waals surface area contributed by atoms with Crippen LogP contribution in [0, 0.1) is 0 Å². The van der Waals surface area contributed by atoms with E-state index in [1.807, 2.05) is 12.1 Å². The Morgan fingerprint density at radius 1 is 1.41 bits per heavy atom. The smallest absolute Gasteiger partial charge is 0.388 e. The molecule has 1 unspecified atom stereocenters. The Morgan fingerprint density at radius 2 is 2.14 bits per heavy atom. The number of rotatable bonds is 8. The van der Waals surface area contributed by atoms with E-state index in [4.69, 9.17) is 4.74 Å². The Bertz CT molecular complexity index is 477. The van der Waals surface area contributed by atoms with Gasteiger partial charge in [0, 0.05) is 20.3 Å². The van der Waals surface area contributed by atoms with Gasteiger partial charge in [-0.3, -0.25) is 4.79 Å². The van der Waals surface area contributed by atoms with Crippen molar-refractivity contribution in [2.75, 3.05) is 20.3 Å². The van der Waals surface area contributed by atoms with Gasteiger partial charge in [0.2, 0.25) is 0 Å². The average Bonchev–Trinajstić information content (AvgIpc) is 2.46. The first kappa shape index (κ1) is 18.4. The van der Waals surface area contributed by atoms with Gasteiger partial charge in [-0.2, -0.15) is 13.2 Å². The molecule has 1 rings (SSSR count). The summed E-state index contributed by atoms with van der Waals surface area (Å²) in [6, 6.07) is 7.22. The minimum absolute atomic E-state index is 0.0172. The number of amides is 1. The zero-order chi connectivity index (χ0) is 16.6. The van der Waals surface area contributed by atoms with Crippen molar-refractivity contribution in [2.45, 2.75) is 31.5 Å². The molecule has 1 aromatic rings. The van der Waals surface area contributed by atoms with Crippen LogP contribution >= 0.6 is 0 Å². The van der Waals surface area contributed by atoms with Gasteiger partial charge in [-0.05, 0) is 30.4 Å². The second kappa shape index (κ2) is 8.75. The molecule has 0 aromatic heterocycles. The fourth-order valence-corrected chi connectivity index (χ4v) is 1.97. The standard InChI is InChI=1S/C15H20F3NO3/c1-22-9-3-5-11-4-2-6-12(10-11)13(20)7-8-19-14(21)15(16,17)18/h2,4,6,10,13,20H,3,5,7-9H2,1H3,(H,19,21). The van der Waals surface area contributed by atoms with E-state index in [0.717, 1.165) is 18.4 Å². The molecule has 22 heavy (non-hydrogen) atoms. The molecular formula is C15H20F3NO3. The summed E-state index contributed by atoms with van der Waals surface area (Å²) in [5.74, 6) is -1.99. The monoisotopic (exact) mass is 319 g/mol. The van der Waals surface area contributed by atoms with Crippen molar-refractivity contribution in [1.82, 2.24) is 5.32 Å². The van der Waals surface area contributed by atoms with Crippen LogP contribution < -0.4 is 5.32 Å². The summed E-state index contributed by atoms with van der Waals surface area (Å²) in [5.41, 5.74) is 1.64. The van der Waals surface area contributed by atoms with Crippen molar-refractivity contribution in [1.29, 1.82) is 0 Å². The van der Waals surface area contributed by atoms with Gasteiger partial charge in [0.05, 0.1) is 6.10 Å². The highest BCUT2D eigenvalue weighted by Crippen LogP contribution is 2.19. The van der Waals surface area contributed by atoms with E-state index >= 15 is 0 Å². The third-order valence-corrected chi connectivity index (χ3v) is 3.11. The molecule has 1 amide bonds. The van der Waals surface area contributed by atoms with E-state index < -0.39 is 18.2 Å². The fraction of sp³-hybridized carbons (Fsp3) is 0.533. The van der Waals surface area contributed by atoms with E-state index in [9.17, 15) is 23.1 Å². The average molecular weight is 319 g/mol. The van der Waals surface area contributed by atoms with Crippen molar-refractivity contribution in [3.05, 3.63) is 35.4 Å². The summed E-state index contributed by atoms with van der Waals surface area (Å²) in [7, 11) is 1.62. The van der Waals surface area contributed by atoms with Gasteiger partial charge < -0.3 is 15.2 Å². The molecule has 0 spiro atoms. The number of halogens is 3. The van der Waals surface area contributed by atoms with E-state index in [1.165, 1.54) is 0 Å². The minimum Gasteiger partial charge on any atom is -0.388 e. The maximum atomic E-state index is 12.0. The Labute approximate surface area is 127 Å². The van der Waals surface area contributed by atoms with Gasteiger partial charge in [0.25, 0.3) is 0 Å². The third kappa shape index (κ3) is 6.44. The molecular weight excluding hydrogens is 299 g/mol. The number of aliphatic hydroxyl groups excluding tert-OH is 1. The molecule has 1 atom stereocenters. The van der Waals surface area contributed by atoms with Gasteiger partial charge in [-0.1, -0.05) is 24.3 Å². The number of ether oxygens (including phenoxy) is 1. The lowest BCUT2D eigenvalue weighted by Gasteiger charge is -2.13. The summed E-state index contributed by atoms with van der Waals surface area (Å²) in [5, 5.41) is 11.7. The number of methoxy groups -OCH3 is 1. The number of nitrogens with one attached hydrogen (secondary N) is 1. The minimum atomic E-state index is -4.90. The van der Waals surface area contributed by atoms with E-state index in [0.29, 0.717) is 12.2 Å². The van der Waals surface area contributed by atoms with Gasteiger partial charge in [-0.25, -0.2) is 0 Å². The zero-order valence-corrected chi connectivity index (χ0v) is 12.3. The maximum absolute atomic E-state index is 12.0. The first-order chi connectivity index (χ1) is 10.3. The molecule has 2 N–H and O–H groups in total. The number of aliphatic hydroxyl groups is 1. The molecule has 0 fully saturated rings. The predicted molar refractivity (Wildman–Crippen MR) is 75.3 cm³/mol. The highest BCUT2D eigenvalue weighted by atomic mass is 19.4. The van der Waals surface area contributed by atoms with Gasteiger partial charge in [0.15, 0.2) is 0 Å². The Kier molecular flexibility index (Phi) is 7.34. The number of hydrogen-bond acceptors (Lipinski definition) is 3. The first-order valence-electron chi connectivity index (χ1n) is 6.95. The van der Waals surface area contributed by atoms with Crippen molar-refractivity contribution < 1.29 is 27.8 Å². The van der Waals surface area contributed by atoms with Crippen molar-refractivity contribution in [3.63, 3.8) is 0 Å². The van der Waals surface area contributed by atoms with Crippen LogP contribution in [0.1, 0.15) is 30.1 Å². The van der Waals surface area contributed by atoms with Gasteiger partial charge in [0.1, 0.15) is 0 Å². The second-order valence-electron chi connectivity index (χ2n) is 4.90. The summed E-state index contributed by atoms with van der Waals surface area (Å²) in [4.78, 5) is 10.7. The first-order valence-corrected chi connectivity index (χ1v) is 6.95. The van der Waals surface area contributed by atoms with Crippen LogP contribution in [0.3, 0.4) is 0 Å². The van der Waals surface area contributed by atoms with E-state index in [-0.39, 0.29) is 13.0 Å². The molecule has 0 bridgehead atoms. The third-order valence-electron chi connectivity index (χ3n) is 3.11. The van der Waals surface area contributed by atoms with Gasteiger partial charge in [-0.15, -0.1) is 0 Å². The Morgan fingerprint density at radius 3 is 2.77 bits per heavy atom. The second-order valence-corrected chi connectivity index (χ2v) is 4.90. The van der Waals surface area contributed by atoms with Crippen LogP contribution in [0.25, 0.3) is 0 Å². The lowest BCUT2D eigenvalue weighted by atomic mass is 10.0. The number of alkyl halides is 3. The fourth-order valence-electron chi connectivity index (χ4n) is 1.97. The molecule has 0 heterocycles. The Balaban J connectivity index is 2.46. The van der Waals surface area contributed by atoms with Crippen LogP contribution in [-0.4, -0.2) is 37.5 Å². The lowest BCUT2D eigenvalue weighted by Crippen LogP contribution is -2.37.